The van der Waals surface area contributed by atoms with Crippen LogP contribution in [0.2, 0.25) is 0 Å². The predicted octanol–water partition coefficient (Wildman–Crippen LogP) is 4.75. The summed E-state index contributed by atoms with van der Waals surface area (Å²) in [6.45, 7) is 6.38. The molecule has 3 heteroatoms. The Bertz CT molecular complexity index is 521. The Kier molecular flexibility index (Phi) is 5.61. The van der Waals surface area contributed by atoms with Crippen LogP contribution in [0.15, 0.2) is 40.2 Å². The molecule has 0 aliphatic carbocycles. The molecule has 102 valence electrons. The molecule has 0 fully saturated rings. The molecule has 0 aliphatic heterocycles. The van der Waals surface area contributed by atoms with Gasteiger partial charge in [0.1, 0.15) is 0 Å². The van der Waals surface area contributed by atoms with Crippen molar-refractivity contribution < 1.29 is 0 Å². The molecule has 1 nitrogen and oxygen atoms in total. The van der Waals surface area contributed by atoms with Crippen molar-refractivity contribution in [3.05, 3.63) is 56.2 Å². The average Bonchev–Trinajstić information content (AvgIpc) is 2.80. The van der Waals surface area contributed by atoms with Gasteiger partial charge in [-0.15, -0.1) is 11.3 Å². The van der Waals surface area contributed by atoms with Gasteiger partial charge in [0.15, 0.2) is 0 Å². The predicted molar refractivity (Wildman–Crippen MR) is 88.2 cm³/mol. The molecule has 1 aromatic heterocycles. The third kappa shape index (κ3) is 4.16. The lowest BCUT2D eigenvalue weighted by atomic mass is 9.93. The van der Waals surface area contributed by atoms with Gasteiger partial charge in [-0.25, -0.2) is 0 Å². The highest BCUT2D eigenvalue weighted by molar-refractivity contribution is 9.10. The van der Waals surface area contributed by atoms with E-state index in [0.29, 0.717) is 5.92 Å². The minimum Gasteiger partial charge on any atom is -0.316 e. The molecule has 0 saturated carbocycles. The van der Waals surface area contributed by atoms with Gasteiger partial charge < -0.3 is 5.32 Å². The summed E-state index contributed by atoms with van der Waals surface area (Å²) in [5.41, 5.74) is 2.77. The van der Waals surface area contributed by atoms with E-state index in [4.69, 9.17) is 0 Å². The van der Waals surface area contributed by atoms with Gasteiger partial charge in [-0.05, 0) is 52.8 Å². The number of hydrogen-bond acceptors (Lipinski definition) is 2. The third-order valence-electron chi connectivity index (χ3n) is 3.28. The van der Waals surface area contributed by atoms with E-state index in [0.717, 1.165) is 19.5 Å². The van der Waals surface area contributed by atoms with E-state index in [1.165, 1.54) is 20.5 Å². The first kappa shape index (κ1) is 14.8. The van der Waals surface area contributed by atoms with Crippen molar-refractivity contribution in [2.75, 3.05) is 13.1 Å². The second-order valence-electron chi connectivity index (χ2n) is 4.81. The number of hydrogen-bond donors (Lipinski definition) is 1. The Morgan fingerprint density at radius 3 is 2.79 bits per heavy atom. The smallest absolute Gasteiger partial charge is 0.0314 e. The highest BCUT2D eigenvalue weighted by Crippen LogP contribution is 2.29. The van der Waals surface area contributed by atoms with Gasteiger partial charge in [-0.1, -0.05) is 36.8 Å². The van der Waals surface area contributed by atoms with Crippen molar-refractivity contribution in [1.29, 1.82) is 0 Å². The lowest BCUT2D eigenvalue weighted by molar-refractivity contribution is 0.597. The maximum absolute atomic E-state index is 3.64. The third-order valence-corrected chi connectivity index (χ3v) is 5.23. The molecule has 19 heavy (non-hydrogen) atoms. The van der Waals surface area contributed by atoms with Crippen molar-refractivity contribution in [2.24, 2.45) is 0 Å². The van der Waals surface area contributed by atoms with Crippen LogP contribution >= 0.6 is 27.3 Å². The fourth-order valence-corrected chi connectivity index (χ4v) is 3.84. The van der Waals surface area contributed by atoms with Crippen LogP contribution in [-0.4, -0.2) is 13.1 Å². The number of thiophene rings is 1. The Labute approximate surface area is 128 Å². The van der Waals surface area contributed by atoms with E-state index in [9.17, 15) is 0 Å². The van der Waals surface area contributed by atoms with Crippen molar-refractivity contribution >= 4 is 27.3 Å². The van der Waals surface area contributed by atoms with Crippen LogP contribution in [-0.2, 0) is 6.42 Å². The fraction of sp³-hybridized carbons (Fsp3) is 0.375. The van der Waals surface area contributed by atoms with Gasteiger partial charge in [0.25, 0.3) is 0 Å². The van der Waals surface area contributed by atoms with Crippen molar-refractivity contribution in [2.45, 2.75) is 26.2 Å². The van der Waals surface area contributed by atoms with Crippen LogP contribution in [0.3, 0.4) is 0 Å². The van der Waals surface area contributed by atoms with Gasteiger partial charge in [0.05, 0.1) is 0 Å². The highest BCUT2D eigenvalue weighted by atomic mass is 79.9. The van der Waals surface area contributed by atoms with Gasteiger partial charge in [0, 0.05) is 21.8 Å². The fourth-order valence-electron chi connectivity index (χ4n) is 2.25. The monoisotopic (exact) mass is 337 g/mol. The molecule has 0 bridgehead atoms. The van der Waals surface area contributed by atoms with E-state index in [1.54, 1.807) is 0 Å². The summed E-state index contributed by atoms with van der Waals surface area (Å²) in [7, 11) is 0. The summed E-state index contributed by atoms with van der Waals surface area (Å²) in [6, 6.07) is 11.0. The Balaban J connectivity index is 2.18. The van der Waals surface area contributed by atoms with E-state index in [-0.39, 0.29) is 0 Å². The second kappa shape index (κ2) is 7.22. The molecule has 0 radical (unpaired) electrons. The number of nitrogens with one attached hydrogen (secondary N) is 1. The molecule has 0 saturated heterocycles. The molecule has 1 heterocycles. The minimum absolute atomic E-state index is 0.537. The lowest BCUT2D eigenvalue weighted by Crippen LogP contribution is -2.22. The topological polar surface area (TPSA) is 12.0 Å². The SMILES string of the molecule is CCNCC(Cc1sccc1Br)c1cccc(C)c1. The molecule has 1 aromatic carbocycles. The maximum atomic E-state index is 3.64. The minimum atomic E-state index is 0.537. The number of benzene rings is 1. The van der Waals surface area contributed by atoms with Crippen molar-refractivity contribution in [3.63, 3.8) is 0 Å². The summed E-state index contributed by atoms with van der Waals surface area (Å²) in [6.07, 6.45) is 1.09. The van der Waals surface area contributed by atoms with Crippen molar-refractivity contribution in [3.8, 4) is 0 Å². The number of rotatable bonds is 6. The first-order valence-corrected chi connectivity index (χ1v) is 8.37. The molecule has 1 N–H and O–H groups in total. The van der Waals surface area contributed by atoms with Crippen LogP contribution in [0.5, 0.6) is 0 Å². The lowest BCUT2D eigenvalue weighted by Gasteiger charge is -2.18. The van der Waals surface area contributed by atoms with Crippen LogP contribution in [0.25, 0.3) is 0 Å². The van der Waals surface area contributed by atoms with Crippen LogP contribution in [0.1, 0.15) is 28.8 Å². The molecule has 0 amide bonds. The maximum Gasteiger partial charge on any atom is 0.0314 e. The van der Waals surface area contributed by atoms with Crippen LogP contribution in [0, 0.1) is 6.92 Å². The standard InChI is InChI=1S/C16H20BrNS/c1-3-18-11-14(10-16-15(17)7-8-19-16)13-6-4-5-12(2)9-13/h4-9,14,18H,3,10-11H2,1-2H3. The molecule has 2 aromatic rings. The van der Waals surface area contributed by atoms with Gasteiger partial charge >= 0.3 is 0 Å². The molecular formula is C16H20BrNS. The Morgan fingerprint density at radius 2 is 2.16 bits per heavy atom. The Morgan fingerprint density at radius 1 is 1.32 bits per heavy atom. The van der Waals surface area contributed by atoms with Crippen LogP contribution in [0.4, 0.5) is 0 Å². The van der Waals surface area contributed by atoms with E-state index >= 15 is 0 Å². The zero-order chi connectivity index (χ0) is 13.7. The summed E-state index contributed by atoms with van der Waals surface area (Å²) < 4.78 is 1.24. The number of likely N-dealkylation sites (N-methyl/N-ethyl adjacent to an activating group) is 1. The van der Waals surface area contributed by atoms with Gasteiger partial charge in [-0.3, -0.25) is 0 Å². The summed E-state index contributed by atoms with van der Waals surface area (Å²) >= 11 is 5.48. The molecule has 0 spiro atoms. The van der Waals surface area contributed by atoms with Crippen LogP contribution < -0.4 is 5.32 Å². The normalized spacial score (nSPS) is 12.6. The van der Waals surface area contributed by atoms with E-state index in [1.807, 2.05) is 11.3 Å². The molecule has 2 rings (SSSR count). The summed E-state index contributed by atoms with van der Waals surface area (Å²) in [5, 5.41) is 5.64. The Hall–Kier alpha value is -0.640. The number of aryl methyl sites for hydroxylation is 1. The van der Waals surface area contributed by atoms with E-state index in [2.05, 4.69) is 70.8 Å². The first-order chi connectivity index (χ1) is 9.20. The van der Waals surface area contributed by atoms with E-state index < -0.39 is 0 Å². The zero-order valence-corrected chi connectivity index (χ0v) is 13.9. The van der Waals surface area contributed by atoms with Gasteiger partial charge in [-0.2, -0.15) is 0 Å². The molecular weight excluding hydrogens is 318 g/mol. The summed E-state index contributed by atoms with van der Waals surface area (Å²) in [5.74, 6) is 0.537. The molecule has 1 atom stereocenters. The average molecular weight is 338 g/mol. The van der Waals surface area contributed by atoms with Crippen molar-refractivity contribution in [1.82, 2.24) is 5.32 Å². The largest absolute Gasteiger partial charge is 0.316 e. The quantitative estimate of drug-likeness (QED) is 0.801. The highest BCUT2D eigenvalue weighted by Gasteiger charge is 2.14. The first-order valence-electron chi connectivity index (χ1n) is 6.70. The zero-order valence-electron chi connectivity index (χ0n) is 11.4. The second-order valence-corrected chi connectivity index (χ2v) is 6.67. The summed E-state index contributed by atoms with van der Waals surface area (Å²) in [4.78, 5) is 1.43. The molecule has 1 unspecified atom stereocenters. The number of halogens is 1. The molecule has 0 aliphatic rings. The van der Waals surface area contributed by atoms with Gasteiger partial charge in [0.2, 0.25) is 0 Å².